The molecular weight excluding hydrogens is 224 g/mol. The quantitative estimate of drug-likeness (QED) is 0.775. The summed E-state index contributed by atoms with van der Waals surface area (Å²) in [7, 11) is 2.37. The first-order valence-corrected chi connectivity index (χ1v) is 6.89. The van der Waals surface area contributed by atoms with Gasteiger partial charge in [0.1, 0.15) is 5.52 Å². The van der Waals surface area contributed by atoms with Crippen molar-refractivity contribution in [1.82, 2.24) is 15.0 Å². The van der Waals surface area contributed by atoms with E-state index in [0.29, 0.717) is 0 Å². The number of likely N-dealkylation sites (N-methyl/N-ethyl adjacent to an activating group) is 1. The predicted molar refractivity (Wildman–Crippen MR) is 72.2 cm³/mol. The lowest BCUT2D eigenvalue weighted by Gasteiger charge is -2.37. The highest BCUT2D eigenvalue weighted by molar-refractivity contribution is 5.73. The summed E-state index contributed by atoms with van der Waals surface area (Å²) in [4.78, 5) is 0. The highest BCUT2D eigenvalue weighted by Crippen LogP contribution is 2.17. The Morgan fingerprint density at radius 3 is 2.78 bits per heavy atom. The normalized spacial score (nSPS) is 19.2. The van der Waals surface area contributed by atoms with E-state index in [-0.39, 0.29) is 0 Å². The van der Waals surface area contributed by atoms with Crippen molar-refractivity contribution in [1.29, 1.82) is 0 Å². The van der Waals surface area contributed by atoms with Crippen molar-refractivity contribution in [3.8, 4) is 0 Å². The number of quaternary nitrogens is 1. The zero-order valence-corrected chi connectivity index (χ0v) is 11.0. The van der Waals surface area contributed by atoms with Crippen LogP contribution in [0.1, 0.15) is 19.3 Å². The lowest BCUT2D eigenvalue weighted by Crippen LogP contribution is -2.49. The van der Waals surface area contributed by atoms with E-state index < -0.39 is 0 Å². The van der Waals surface area contributed by atoms with Crippen LogP contribution in [-0.2, 0) is 6.54 Å². The highest BCUT2D eigenvalue weighted by atomic mass is 15.4. The van der Waals surface area contributed by atoms with E-state index >= 15 is 0 Å². The molecule has 0 amide bonds. The van der Waals surface area contributed by atoms with Crippen molar-refractivity contribution < 1.29 is 4.48 Å². The average Bonchev–Trinajstić information content (AvgIpc) is 2.81. The van der Waals surface area contributed by atoms with Crippen LogP contribution in [0.25, 0.3) is 11.0 Å². The molecule has 96 valence electrons. The number of rotatable bonds is 3. The molecule has 1 aromatic heterocycles. The summed E-state index contributed by atoms with van der Waals surface area (Å²) in [6.07, 6.45) is 4.14. The van der Waals surface area contributed by atoms with E-state index in [4.69, 9.17) is 0 Å². The molecule has 0 N–H and O–H groups in total. The van der Waals surface area contributed by atoms with Gasteiger partial charge in [-0.3, -0.25) is 0 Å². The van der Waals surface area contributed by atoms with Crippen LogP contribution in [0.5, 0.6) is 0 Å². The summed E-state index contributed by atoms with van der Waals surface area (Å²) in [5.74, 6) is 0. The first-order chi connectivity index (χ1) is 8.77. The minimum Gasteiger partial charge on any atom is -0.325 e. The van der Waals surface area contributed by atoms with Crippen LogP contribution in [0.15, 0.2) is 24.3 Å². The molecule has 0 spiro atoms. The van der Waals surface area contributed by atoms with E-state index in [1.54, 1.807) is 0 Å². The molecule has 1 fully saturated rings. The fourth-order valence-electron chi connectivity index (χ4n) is 2.92. The number of benzene rings is 1. The van der Waals surface area contributed by atoms with Crippen LogP contribution in [0.2, 0.25) is 0 Å². The Hall–Kier alpha value is -1.42. The van der Waals surface area contributed by atoms with Crippen molar-refractivity contribution in [2.24, 2.45) is 0 Å². The van der Waals surface area contributed by atoms with Crippen LogP contribution in [0.3, 0.4) is 0 Å². The minimum absolute atomic E-state index is 0.969. The van der Waals surface area contributed by atoms with Gasteiger partial charge in [-0.1, -0.05) is 17.3 Å². The van der Waals surface area contributed by atoms with Gasteiger partial charge in [0.2, 0.25) is 0 Å². The first-order valence-electron chi connectivity index (χ1n) is 6.89. The second-order valence-electron chi connectivity index (χ2n) is 5.65. The van der Waals surface area contributed by atoms with Gasteiger partial charge in [0.05, 0.1) is 38.7 Å². The molecule has 1 saturated heterocycles. The molecule has 3 rings (SSSR count). The number of aromatic nitrogens is 3. The maximum Gasteiger partial charge on any atom is 0.113 e. The smallest absolute Gasteiger partial charge is 0.113 e. The van der Waals surface area contributed by atoms with Crippen molar-refractivity contribution >= 4 is 11.0 Å². The zero-order chi connectivity index (χ0) is 12.4. The number of piperidine rings is 1. The minimum atomic E-state index is 0.969. The molecule has 0 aliphatic carbocycles. The highest BCUT2D eigenvalue weighted by Gasteiger charge is 2.24. The molecule has 4 nitrogen and oxygen atoms in total. The van der Waals surface area contributed by atoms with Gasteiger partial charge < -0.3 is 4.48 Å². The third-order valence-electron chi connectivity index (χ3n) is 4.17. The number of hydrogen-bond donors (Lipinski definition) is 0. The molecule has 0 atom stereocenters. The largest absolute Gasteiger partial charge is 0.325 e. The van der Waals surface area contributed by atoms with Crippen molar-refractivity contribution in [3.63, 3.8) is 0 Å². The Morgan fingerprint density at radius 2 is 1.94 bits per heavy atom. The Bertz CT molecular complexity index is 525. The SMILES string of the molecule is C[N+]1(CCn2nnc3ccccc32)CCCCC1. The number of likely N-dealkylation sites (tertiary alicyclic amines) is 1. The van der Waals surface area contributed by atoms with Crippen molar-refractivity contribution in [2.45, 2.75) is 25.8 Å². The van der Waals surface area contributed by atoms with Gasteiger partial charge in [-0.2, -0.15) is 0 Å². The number of hydrogen-bond acceptors (Lipinski definition) is 2. The average molecular weight is 245 g/mol. The third-order valence-corrected chi connectivity index (χ3v) is 4.17. The summed E-state index contributed by atoms with van der Waals surface area (Å²) in [6.45, 7) is 4.75. The van der Waals surface area contributed by atoms with Gasteiger partial charge in [0, 0.05) is 0 Å². The molecule has 18 heavy (non-hydrogen) atoms. The molecule has 1 aliphatic rings. The molecule has 1 aromatic carbocycles. The van der Waals surface area contributed by atoms with Gasteiger partial charge in [0.15, 0.2) is 0 Å². The fraction of sp³-hybridized carbons (Fsp3) is 0.571. The Kier molecular flexibility index (Phi) is 3.04. The second kappa shape index (κ2) is 4.69. The lowest BCUT2D eigenvalue weighted by molar-refractivity contribution is -0.914. The summed E-state index contributed by atoms with van der Waals surface area (Å²) in [5, 5.41) is 8.48. The van der Waals surface area contributed by atoms with Gasteiger partial charge in [-0.05, 0) is 31.4 Å². The predicted octanol–water partition coefficient (Wildman–Crippen LogP) is 2.06. The van der Waals surface area contributed by atoms with Gasteiger partial charge in [-0.25, -0.2) is 4.68 Å². The van der Waals surface area contributed by atoms with Crippen LogP contribution in [0.4, 0.5) is 0 Å². The standard InChI is InChI=1S/C14H21N4/c1-18(10-5-2-6-11-18)12-9-17-14-8-4-3-7-13(14)15-16-17/h3-4,7-8H,2,5-6,9-12H2,1H3/q+1. The van der Waals surface area contributed by atoms with Crippen LogP contribution in [-0.4, -0.2) is 46.2 Å². The molecule has 4 heteroatoms. The topological polar surface area (TPSA) is 30.7 Å². The lowest BCUT2D eigenvalue weighted by atomic mass is 10.1. The van der Waals surface area contributed by atoms with Crippen molar-refractivity contribution in [2.75, 3.05) is 26.7 Å². The zero-order valence-electron chi connectivity index (χ0n) is 11.0. The maximum absolute atomic E-state index is 4.27. The van der Waals surface area contributed by atoms with Crippen molar-refractivity contribution in [3.05, 3.63) is 24.3 Å². The van der Waals surface area contributed by atoms with Crippen LogP contribution >= 0.6 is 0 Å². The molecule has 2 heterocycles. The number of nitrogens with zero attached hydrogens (tertiary/aromatic N) is 4. The van der Waals surface area contributed by atoms with Gasteiger partial charge in [0.25, 0.3) is 0 Å². The Morgan fingerprint density at radius 1 is 1.17 bits per heavy atom. The summed E-state index contributed by atoms with van der Waals surface area (Å²) in [6, 6.07) is 8.20. The molecule has 1 aliphatic heterocycles. The Labute approximate surface area is 108 Å². The molecule has 0 unspecified atom stereocenters. The molecule has 0 radical (unpaired) electrons. The molecule has 0 bridgehead atoms. The summed E-state index contributed by atoms with van der Waals surface area (Å²) in [5.41, 5.74) is 2.15. The van der Waals surface area contributed by atoms with E-state index in [1.165, 1.54) is 36.8 Å². The van der Waals surface area contributed by atoms with Crippen LogP contribution in [0, 0.1) is 0 Å². The fourth-order valence-corrected chi connectivity index (χ4v) is 2.92. The maximum atomic E-state index is 4.27. The monoisotopic (exact) mass is 245 g/mol. The summed E-state index contributed by atoms with van der Waals surface area (Å²) < 4.78 is 3.24. The Balaban J connectivity index is 1.73. The molecule has 0 saturated carbocycles. The molecular formula is C14H21N4+. The second-order valence-corrected chi connectivity index (χ2v) is 5.65. The van der Waals surface area contributed by atoms with Crippen LogP contribution < -0.4 is 0 Å². The van der Waals surface area contributed by atoms with Gasteiger partial charge in [-0.15, -0.1) is 5.10 Å². The summed E-state index contributed by atoms with van der Waals surface area (Å²) >= 11 is 0. The third kappa shape index (κ3) is 2.25. The van der Waals surface area contributed by atoms with E-state index in [1.807, 2.05) is 16.8 Å². The first kappa shape index (κ1) is 11.7. The van der Waals surface area contributed by atoms with E-state index in [2.05, 4.69) is 29.5 Å². The van der Waals surface area contributed by atoms with E-state index in [9.17, 15) is 0 Å². The van der Waals surface area contributed by atoms with Gasteiger partial charge >= 0.3 is 0 Å². The number of fused-ring (bicyclic) bond motifs is 1. The van der Waals surface area contributed by atoms with E-state index in [0.717, 1.165) is 24.1 Å². The number of para-hydroxylation sites is 1. The molecule has 2 aromatic rings.